The number of fused-ring (bicyclic) bond motifs is 1. The van der Waals surface area contributed by atoms with Crippen LogP contribution in [0.4, 0.5) is 0 Å². The molecule has 0 aliphatic carbocycles. The predicted octanol–water partition coefficient (Wildman–Crippen LogP) is 3.77. The average Bonchev–Trinajstić information content (AvgIpc) is 3.40. The molecule has 2 aliphatic heterocycles. The van der Waals surface area contributed by atoms with E-state index in [2.05, 4.69) is 6.92 Å². The lowest BCUT2D eigenvalue weighted by atomic mass is 9.92. The molecule has 7 heteroatoms. The molecular weight excluding hydrogens is 408 g/mol. The number of ether oxygens (including phenoxy) is 3. The maximum absolute atomic E-state index is 13.5. The first kappa shape index (κ1) is 22.0. The van der Waals surface area contributed by atoms with Crippen LogP contribution < -0.4 is 14.2 Å². The van der Waals surface area contributed by atoms with Crippen LogP contribution in [0.5, 0.6) is 17.2 Å². The zero-order chi connectivity index (χ0) is 22.7. The first-order valence-electron chi connectivity index (χ1n) is 11.1. The van der Waals surface area contributed by atoms with E-state index in [4.69, 9.17) is 14.2 Å². The summed E-state index contributed by atoms with van der Waals surface area (Å²) in [6, 6.07) is 13.1. The predicted molar refractivity (Wildman–Crippen MR) is 120 cm³/mol. The number of methoxy groups -OCH3 is 1. The molecule has 2 amide bonds. The molecule has 0 N–H and O–H groups in total. The number of nitrogens with zero attached hydrogens (tertiary/aromatic N) is 2. The van der Waals surface area contributed by atoms with Gasteiger partial charge in [-0.15, -0.1) is 0 Å². The maximum atomic E-state index is 13.5. The van der Waals surface area contributed by atoms with E-state index in [-0.39, 0.29) is 31.1 Å². The number of rotatable bonds is 8. The van der Waals surface area contributed by atoms with E-state index < -0.39 is 5.92 Å². The molecule has 0 unspecified atom stereocenters. The van der Waals surface area contributed by atoms with E-state index in [1.165, 1.54) is 0 Å². The van der Waals surface area contributed by atoms with E-state index in [0.717, 1.165) is 35.5 Å². The number of hydrogen-bond acceptors (Lipinski definition) is 5. The molecule has 7 nitrogen and oxygen atoms in total. The molecule has 0 radical (unpaired) electrons. The van der Waals surface area contributed by atoms with E-state index >= 15 is 0 Å². The summed E-state index contributed by atoms with van der Waals surface area (Å²) < 4.78 is 16.1. The van der Waals surface area contributed by atoms with Crippen LogP contribution in [0.1, 0.15) is 43.4 Å². The molecule has 32 heavy (non-hydrogen) atoms. The van der Waals surface area contributed by atoms with Gasteiger partial charge in [0.15, 0.2) is 11.5 Å². The molecule has 0 bridgehead atoms. The minimum atomic E-state index is -0.424. The van der Waals surface area contributed by atoms with Crippen LogP contribution in [-0.2, 0) is 16.1 Å². The molecule has 2 aromatic carbocycles. The van der Waals surface area contributed by atoms with Crippen molar-refractivity contribution in [2.75, 3.05) is 27.5 Å². The summed E-state index contributed by atoms with van der Waals surface area (Å²) in [6.07, 6.45) is 2.12. The summed E-state index contributed by atoms with van der Waals surface area (Å²) in [6.45, 7) is 3.41. The Morgan fingerprint density at radius 2 is 1.91 bits per heavy atom. The Kier molecular flexibility index (Phi) is 6.53. The monoisotopic (exact) mass is 438 g/mol. The summed E-state index contributed by atoms with van der Waals surface area (Å²) in [5.41, 5.74) is 1.92. The van der Waals surface area contributed by atoms with Crippen molar-refractivity contribution >= 4 is 11.8 Å². The molecule has 2 aromatic rings. The van der Waals surface area contributed by atoms with Gasteiger partial charge in [-0.2, -0.15) is 0 Å². The third-order valence-electron chi connectivity index (χ3n) is 6.19. The fourth-order valence-electron chi connectivity index (χ4n) is 4.49. The summed E-state index contributed by atoms with van der Waals surface area (Å²) >= 11 is 0. The number of likely N-dealkylation sites (tertiary alicyclic amines) is 1. The average molecular weight is 439 g/mol. The molecule has 1 fully saturated rings. The fraction of sp³-hybridized carbons (Fsp3) is 0.440. The largest absolute Gasteiger partial charge is 0.497 e. The molecule has 170 valence electrons. The molecule has 1 saturated heterocycles. The van der Waals surface area contributed by atoms with Crippen molar-refractivity contribution in [1.82, 2.24) is 9.80 Å². The minimum absolute atomic E-state index is 0.0316. The van der Waals surface area contributed by atoms with Crippen LogP contribution in [0.25, 0.3) is 0 Å². The Morgan fingerprint density at radius 3 is 2.62 bits per heavy atom. The molecule has 0 aromatic heterocycles. The van der Waals surface area contributed by atoms with Crippen LogP contribution in [0.15, 0.2) is 42.5 Å². The standard InChI is InChI=1S/C25H30N2O5/c1-4-5-12-27-23(28)14-20(24(27)18-7-9-19(30-3)10-8-18)25(29)26(2)15-17-6-11-21-22(13-17)32-16-31-21/h6-11,13,20,24H,4-5,12,14-16H2,1-3H3/t20-,24+/m1/s1. The topological polar surface area (TPSA) is 68.3 Å². The number of carbonyl (C=O) groups is 2. The lowest BCUT2D eigenvalue weighted by Gasteiger charge is -2.30. The van der Waals surface area contributed by atoms with Gasteiger partial charge < -0.3 is 24.0 Å². The fourth-order valence-corrected chi connectivity index (χ4v) is 4.49. The lowest BCUT2D eigenvalue weighted by molar-refractivity contribution is -0.135. The Morgan fingerprint density at radius 1 is 1.16 bits per heavy atom. The second kappa shape index (κ2) is 9.51. The second-order valence-corrected chi connectivity index (χ2v) is 8.35. The highest BCUT2D eigenvalue weighted by atomic mass is 16.7. The Hall–Kier alpha value is -3.22. The van der Waals surface area contributed by atoms with Gasteiger partial charge in [-0.05, 0) is 41.8 Å². The number of carbonyl (C=O) groups excluding carboxylic acids is 2. The Bertz CT molecular complexity index is 975. The summed E-state index contributed by atoms with van der Waals surface area (Å²) in [7, 11) is 3.41. The molecular formula is C25H30N2O5. The quantitative estimate of drug-likeness (QED) is 0.628. The van der Waals surface area contributed by atoms with Crippen molar-refractivity contribution in [3.8, 4) is 17.2 Å². The summed E-state index contributed by atoms with van der Waals surface area (Å²) in [5, 5.41) is 0. The molecule has 0 spiro atoms. The van der Waals surface area contributed by atoms with Crippen molar-refractivity contribution in [3.05, 3.63) is 53.6 Å². The third kappa shape index (κ3) is 4.38. The zero-order valence-electron chi connectivity index (χ0n) is 18.9. The number of unbranched alkanes of at least 4 members (excludes halogenated alkanes) is 1. The van der Waals surface area contributed by atoms with Crippen molar-refractivity contribution in [1.29, 1.82) is 0 Å². The van der Waals surface area contributed by atoms with Crippen molar-refractivity contribution in [2.45, 2.75) is 38.8 Å². The van der Waals surface area contributed by atoms with Crippen LogP contribution in [-0.4, -0.2) is 49.1 Å². The molecule has 4 rings (SSSR count). The van der Waals surface area contributed by atoms with Gasteiger partial charge in [0.05, 0.1) is 19.1 Å². The van der Waals surface area contributed by atoms with Crippen LogP contribution in [0, 0.1) is 5.92 Å². The van der Waals surface area contributed by atoms with Gasteiger partial charge in [0.25, 0.3) is 0 Å². The van der Waals surface area contributed by atoms with E-state index in [9.17, 15) is 9.59 Å². The van der Waals surface area contributed by atoms with Crippen molar-refractivity contribution < 1.29 is 23.8 Å². The van der Waals surface area contributed by atoms with Gasteiger partial charge in [-0.25, -0.2) is 0 Å². The van der Waals surface area contributed by atoms with Gasteiger partial charge in [-0.1, -0.05) is 31.5 Å². The van der Waals surface area contributed by atoms with E-state index in [1.807, 2.05) is 47.4 Å². The minimum Gasteiger partial charge on any atom is -0.497 e. The van der Waals surface area contributed by atoms with Gasteiger partial charge in [0, 0.05) is 26.6 Å². The SMILES string of the molecule is CCCCN1C(=O)C[C@@H](C(=O)N(C)Cc2ccc3c(c2)OCO3)[C@@H]1c1ccc(OC)cc1. The van der Waals surface area contributed by atoms with Crippen molar-refractivity contribution in [2.24, 2.45) is 5.92 Å². The second-order valence-electron chi connectivity index (χ2n) is 8.35. The van der Waals surface area contributed by atoms with Crippen LogP contribution in [0.3, 0.4) is 0 Å². The number of benzene rings is 2. The molecule has 2 aliphatic rings. The Labute approximate surface area is 188 Å². The third-order valence-corrected chi connectivity index (χ3v) is 6.19. The zero-order valence-corrected chi connectivity index (χ0v) is 18.9. The highest BCUT2D eigenvalue weighted by molar-refractivity contribution is 5.90. The van der Waals surface area contributed by atoms with Crippen LogP contribution in [0.2, 0.25) is 0 Å². The summed E-state index contributed by atoms with van der Waals surface area (Å²) in [4.78, 5) is 30.0. The lowest BCUT2D eigenvalue weighted by Crippen LogP contribution is -2.37. The van der Waals surface area contributed by atoms with Crippen LogP contribution >= 0.6 is 0 Å². The van der Waals surface area contributed by atoms with Crippen molar-refractivity contribution in [3.63, 3.8) is 0 Å². The first-order chi connectivity index (χ1) is 15.5. The highest BCUT2D eigenvalue weighted by Crippen LogP contribution is 2.40. The maximum Gasteiger partial charge on any atom is 0.231 e. The van der Waals surface area contributed by atoms with Gasteiger partial charge in [0.2, 0.25) is 18.6 Å². The van der Waals surface area contributed by atoms with Gasteiger partial charge in [-0.3, -0.25) is 9.59 Å². The molecule has 0 saturated carbocycles. The summed E-state index contributed by atoms with van der Waals surface area (Å²) in [5.74, 6) is 1.74. The molecule has 2 atom stereocenters. The van der Waals surface area contributed by atoms with Gasteiger partial charge >= 0.3 is 0 Å². The smallest absolute Gasteiger partial charge is 0.231 e. The number of amides is 2. The first-order valence-corrected chi connectivity index (χ1v) is 11.1. The normalized spacial score (nSPS) is 19.3. The van der Waals surface area contributed by atoms with E-state index in [1.54, 1.807) is 19.1 Å². The van der Waals surface area contributed by atoms with E-state index in [0.29, 0.717) is 18.8 Å². The highest BCUT2D eigenvalue weighted by Gasteiger charge is 2.45. The molecule has 2 heterocycles. The Balaban J connectivity index is 1.55. The van der Waals surface area contributed by atoms with Gasteiger partial charge in [0.1, 0.15) is 5.75 Å². The number of hydrogen-bond donors (Lipinski definition) is 0.